The summed E-state index contributed by atoms with van der Waals surface area (Å²) >= 11 is 0. The molecular formula is C23H28F2N4O3. The number of aromatic nitrogens is 2. The first-order valence-corrected chi connectivity index (χ1v) is 10.9. The monoisotopic (exact) mass is 446 g/mol. The van der Waals surface area contributed by atoms with Crippen LogP contribution >= 0.6 is 0 Å². The molecule has 0 radical (unpaired) electrons. The van der Waals surface area contributed by atoms with Crippen molar-refractivity contribution in [2.45, 2.75) is 69.0 Å². The van der Waals surface area contributed by atoms with Crippen LogP contribution in [-0.4, -0.2) is 40.2 Å². The van der Waals surface area contributed by atoms with Crippen molar-refractivity contribution in [3.63, 3.8) is 0 Å². The molecule has 2 N–H and O–H groups in total. The number of nitrogens with one attached hydrogen (secondary N) is 2. The van der Waals surface area contributed by atoms with Gasteiger partial charge in [-0.2, -0.15) is 5.10 Å². The van der Waals surface area contributed by atoms with Gasteiger partial charge in [-0.1, -0.05) is 49.6 Å². The highest BCUT2D eigenvalue weighted by molar-refractivity contribution is 6.01. The summed E-state index contributed by atoms with van der Waals surface area (Å²) in [6.45, 7) is 0.866. The van der Waals surface area contributed by atoms with E-state index in [9.17, 15) is 18.4 Å². The summed E-state index contributed by atoms with van der Waals surface area (Å²) in [5, 5.41) is 10.2. The largest absolute Gasteiger partial charge is 0.467 e. The zero-order valence-electron chi connectivity index (χ0n) is 18.2. The molecule has 1 aromatic carbocycles. The third kappa shape index (κ3) is 4.08. The van der Waals surface area contributed by atoms with Gasteiger partial charge in [0, 0.05) is 13.3 Å². The van der Waals surface area contributed by atoms with Gasteiger partial charge in [0.25, 0.3) is 11.8 Å². The molecular weight excluding hydrogens is 418 g/mol. The maximum absolute atomic E-state index is 14.5. The lowest BCUT2D eigenvalue weighted by Crippen LogP contribution is -2.56. The Morgan fingerprint density at radius 1 is 1.22 bits per heavy atom. The van der Waals surface area contributed by atoms with Gasteiger partial charge in [-0.25, -0.2) is 18.3 Å². The van der Waals surface area contributed by atoms with Crippen molar-refractivity contribution >= 4 is 17.7 Å². The quantitative estimate of drug-likeness (QED) is 0.671. The van der Waals surface area contributed by atoms with Crippen LogP contribution in [0.1, 0.15) is 73.5 Å². The Morgan fingerprint density at radius 3 is 2.53 bits per heavy atom. The van der Waals surface area contributed by atoms with E-state index in [4.69, 9.17) is 4.74 Å². The highest BCUT2D eigenvalue weighted by atomic mass is 19.3. The molecule has 2 heterocycles. The van der Waals surface area contributed by atoms with Crippen molar-refractivity contribution in [1.82, 2.24) is 15.1 Å². The highest BCUT2D eigenvalue weighted by Gasteiger charge is 2.45. The summed E-state index contributed by atoms with van der Waals surface area (Å²) in [7, 11) is 1.30. The van der Waals surface area contributed by atoms with Gasteiger partial charge in [0.2, 0.25) is 0 Å². The smallest absolute Gasteiger partial charge is 0.331 e. The molecule has 0 bridgehead atoms. The van der Waals surface area contributed by atoms with E-state index >= 15 is 0 Å². The van der Waals surface area contributed by atoms with Gasteiger partial charge in [0.05, 0.1) is 19.3 Å². The van der Waals surface area contributed by atoms with E-state index in [1.54, 1.807) is 0 Å². The Morgan fingerprint density at radius 2 is 1.91 bits per heavy atom. The number of carbonyl (C=O) groups is 2. The maximum atomic E-state index is 14.5. The van der Waals surface area contributed by atoms with Crippen molar-refractivity contribution in [2.75, 3.05) is 12.4 Å². The van der Waals surface area contributed by atoms with Gasteiger partial charge in [0.15, 0.2) is 0 Å². The fourth-order valence-electron chi connectivity index (χ4n) is 4.80. The van der Waals surface area contributed by atoms with Crippen LogP contribution in [0.15, 0.2) is 36.5 Å². The van der Waals surface area contributed by atoms with Gasteiger partial charge < -0.3 is 15.4 Å². The fourth-order valence-corrected chi connectivity index (χ4v) is 4.80. The molecule has 4 rings (SSSR count). The average molecular weight is 446 g/mol. The predicted molar refractivity (Wildman–Crippen MR) is 115 cm³/mol. The molecule has 2 aromatic rings. The van der Waals surface area contributed by atoms with E-state index in [1.807, 2.05) is 30.3 Å². The van der Waals surface area contributed by atoms with Crippen LogP contribution in [0.3, 0.4) is 0 Å². The first-order valence-electron chi connectivity index (χ1n) is 10.9. The van der Waals surface area contributed by atoms with E-state index in [-0.39, 0.29) is 17.8 Å². The average Bonchev–Trinajstić information content (AvgIpc) is 3.22. The number of ether oxygens (including phenoxy) is 1. The van der Waals surface area contributed by atoms with Crippen LogP contribution < -0.4 is 10.6 Å². The van der Waals surface area contributed by atoms with Gasteiger partial charge in [-0.15, -0.1) is 0 Å². The molecule has 2 aliphatic rings. The SMILES string of the molecule is COC(=O)C1(NC(=O)c2cnn3c2N[C@H](c2ccccc2)C[C@@H]3C(C)(F)F)CCCCC1. The van der Waals surface area contributed by atoms with E-state index in [2.05, 4.69) is 15.7 Å². The topological polar surface area (TPSA) is 85.2 Å². The van der Waals surface area contributed by atoms with Gasteiger partial charge in [-0.3, -0.25) is 4.79 Å². The van der Waals surface area contributed by atoms with E-state index < -0.39 is 35.4 Å². The molecule has 9 heteroatoms. The lowest BCUT2D eigenvalue weighted by atomic mass is 9.81. The van der Waals surface area contributed by atoms with E-state index in [0.29, 0.717) is 12.8 Å². The Hall–Kier alpha value is -2.97. The molecule has 1 aromatic heterocycles. The lowest BCUT2D eigenvalue weighted by Gasteiger charge is -2.37. The molecule has 0 spiro atoms. The second-order valence-corrected chi connectivity index (χ2v) is 8.76. The Labute approximate surface area is 185 Å². The first-order chi connectivity index (χ1) is 15.2. The molecule has 172 valence electrons. The first kappa shape index (κ1) is 22.2. The minimum Gasteiger partial charge on any atom is -0.467 e. The van der Waals surface area contributed by atoms with Crippen LogP contribution in [0.25, 0.3) is 0 Å². The summed E-state index contributed by atoms with van der Waals surface area (Å²) in [5.74, 6) is -3.83. The summed E-state index contributed by atoms with van der Waals surface area (Å²) < 4.78 is 35.2. The molecule has 2 atom stereocenters. The van der Waals surface area contributed by atoms with Crippen LogP contribution in [0.5, 0.6) is 0 Å². The zero-order chi connectivity index (χ0) is 22.9. The Bertz CT molecular complexity index is 981. The number of anilines is 1. The van der Waals surface area contributed by atoms with Crippen molar-refractivity contribution in [3.05, 3.63) is 47.7 Å². The van der Waals surface area contributed by atoms with Crippen molar-refractivity contribution in [2.24, 2.45) is 0 Å². The molecule has 1 aliphatic heterocycles. The number of halogens is 2. The summed E-state index contributed by atoms with van der Waals surface area (Å²) in [6, 6.07) is 7.66. The molecule has 1 amide bonds. The second kappa shape index (κ2) is 8.52. The van der Waals surface area contributed by atoms with E-state index in [0.717, 1.165) is 31.7 Å². The second-order valence-electron chi connectivity index (χ2n) is 8.76. The van der Waals surface area contributed by atoms with Crippen LogP contribution in [-0.2, 0) is 9.53 Å². The standard InChI is InChI=1S/C23H28F2N4O3/c1-22(24,25)18-13-17(15-9-5-3-6-10-15)27-19-16(14-26-29(18)19)20(30)28-23(21(31)32-2)11-7-4-8-12-23/h3,5-6,9-10,14,17-18,27H,4,7-8,11-13H2,1-2H3,(H,28,30)/t17-,18+/m0/s1. The number of alkyl halides is 2. The van der Waals surface area contributed by atoms with Crippen LogP contribution in [0, 0.1) is 0 Å². The number of amides is 1. The number of rotatable bonds is 5. The molecule has 7 nitrogen and oxygen atoms in total. The van der Waals surface area contributed by atoms with Gasteiger partial charge >= 0.3 is 5.97 Å². The third-order valence-electron chi connectivity index (χ3n) is 6.53. The van der Waals surface area contributed by atoms with Crippen molar-refractivity contribution in [1.29, 1.82) is 0 Å². The molecule has 32 heavy (non-hydrogen) atoms. The normalized spacial score (nSPS) is 22.4. The minimum atomic E-state index is -3.04. The number of hydrogen-bond acceptors (Lipinski definition) is 5. The Kier molecular flexibility index (Phi) is 5.92. The van der Waals surface area contributed by atoms with Crippen LogP contribution in [0.2, 0.25) is 0 Å². The van der Waals surface area contributed by atoms with Gasteiger partial charge in [0.1, 0.15) is 23.0 Å². The third-order valence-corrected chi connectivity index (χ3v) is 6.53. The summed E-state index contributed by atoms with van der Waals surface area (Å²) in [4.78, 5) is 25.8. The van der Waals surface area contributed by atoms with E-state index in [1.165, 1.54) is 18.0 Å². The number of nitrogens with zero attached hydrogens (tertiary/aromatic N) is 2. The maximum Gasteiger partial charge on any atom is 0.331 e. The van der Waals surface area contributed by atoms with Gasteiger partial charge in [-0.05, 0) is 18.4 Å². The fraction of sp³-hybridized carbons (Fsp3) is 0.522. The predicted octanol–water partition coefficient (Wildman–Crippen LogP) is 4.24. The molecule has 0 unspecified atom stereocenters. The highest BCUT2D eigenvalue weighted by Crippen LogP contribution is 2.43. The summed E-state index contributed by atoms with van der Waals surface area (Å²) in [6.07, 6.45) is 4.92. The number of benzene rings is 1. The number of hydrogen-bond donors (Lipinski definition) is 2. The number of fused-ring (bicyclic) bond motifs is 1. The minimum absolute atomic E-state index is 0.120. The number of carbonyl (C=O) groups excluding carboxylic acids is 2. The molecule has 1 saturated carbocycles. The summed E-state index contributed by atoms with van der Waals surface area (Å²) in [5.41, 5.74) is -0.131. The van der Waals surface area contributed by atoms with Crippen molar-refractivity contribution in [3.8, 4) is 0 Å². The number of methoxy groups -OCH3 is 1. The molecule has 1 fully saturated rings. The zero-order valence-corrected chi connectivity index (χ0v) is 18.2. The Balaban J connectivity index is 1.68. The molecule has 1 aliphatic carbocycles. The van der Waals surface area contributed by atoms with Crippen LogP contribution in [0.4, 0.5) is 14.6 Å². The number of esters is 1. The molecule has 0 saturated heterocycles. The van der Waals surface area contributed by atoms with Crippen molar-refractivity contribution < 1.29 is 23.1 Å². The lowest BCUT2D eigenvalue weighted by molar-refractivity contribution is -0.149.